The molecule has 0 saturated heterocycles. The lowest BCUT2D eigenvalue weighted by Gasteiger charge is -2.10. The summed E-state index contributed by atoms with van der Waals surface area (Å²) in [5, 5.41) is 7.39. The van der Waals surface area contributed by atoms with Gasteiger partial charge in [-0.3, -0.25) is 0 Å². The second-order valence-electron chi connectivity index (χ2n) is 5.27. The van der Waals surface area contributed by atoms with Crippen LogP contribution in [0, 0.1) is 6.92 Å². The number of hydrogen-bond donors (Lipinski definition) is 3. The number of rotatable bonds is 7. The third-order valence-electron chi connectivity index (χ3n) is 3.32. The molecule has 0 amide bonds. The minimum Gasteiger partial charge on any atom is -0.357 e. The van der Waals surface area contributed by atoms with Crippen LogP contribution in [0.25, 0.3) is 0 Å². The van der Waals surface area contributed by atoms with Gasteiger partial charge in [-0.05, 0) is 38.6 Å². The average molecular weight is 382 g/mol. The number of aliphatic imine (C=N–C) groups is 1. The third-order valence-corrected chi connectivity index (χ3v) is 5.64. The highest BCUT2D eigenvalue weighted by Crippen LogP contribution is 2.12. The number of thiazole rings is 1. The van der Waals surface area contributed by atoms with Crippen molar-refractivity contribution in [2.45, 2.75) is 31.8 Å². The smallest absolute Gasteiger partial charge is 0.240 e. The number of benzene rings is 1. The Bertz CT molecular complexity index is 831. The van der Waals surface area contributed by atoms with Gasteiger partial charge in [-0.2, -0.15) is 0 Å². The molecule has 0 fully saturated rings. The first-order chi connectivity index (χ1) is 11.9. The molecule has 0 radical (unpaired) electrons. The first-order valence-electron chi connectivity index (χ1n) is 7.90. The van der Waals surface area contributed by atoms with Crippen molar-refractivity contribution in [3.8, 4) is 0 Å². The molecule has 9 heteroatoms. The Morgan fingerprint density at radius 2 is 2.12 bits per heavy atom. The Labute approximate surface area is 152 Å². The molecule has 2 rings (SSSR count). The minimum atomic E-state index is -3.45. The number of nitrogens with zero attached hydrogens (tertiary/aromatic N) is 2. The molecule has 0 unspecified atom stereocenters. The molecule has 0 atom stereocenters. The number of hydrogen-bond acceptors (Lipinski definition) is 5. The van der Waals surface area contributed by atoms with Crippen LogP contribution in [0.3, 0.4) is 0 Å². The summed E-state index contributed by atoms with van der Waals surface area (Å²) in [6, 6.07) is 6.76. The van der Waals surface area contributed by atoms with Crippen molar-refractivity contribution < 1.29 is 8.42 Å². The van der Waals surface area contributed by atoms with Gasteiger partial charge in [-0.25, -0.2) is 23.1 Å². The largest absolute Gasteiger partial charge is 0.357 e. The first-order valence-corrected chi connectivity index (χ1v) is 10.2. The SMILES string of the molecule is CCNC(=NCc1cccc(S(=O)(=O)NC)c1)NCc1ncc(C)s1. The molecule has 7 nitrogen and oxygen atoms in total. The lowest BCUT2D eigenvalue weighted by molar-refractivity contribution is 0.588. The molecular formula is C16H23N5O2S2. The Morgan fingerprint density at radius 1 is 1.32 bits per heavy atom. The van der Waals surface area contributed by atoms with Gasteiger partial charge in [0.25, 0.3) is 0 Å². The minimum absolute atomic E-state index is 0.235. The van der Waals surface area contributed by atoms with Crippen LogP contribution in [-0.2, 0) is 23.1 Å². The van der Waals surface area contributed by atoms with Crippen LogP contribution < -0.4 is 15.4 Å². The van der Waals surface area contributed by atoms with Crippen LogP contribution >= 0.6 is 11.3 Å². The fraction of sp³-hybridized carbons (Fsp3) is 0.375. The average Bonchev–Trinajstić information content (AvgIpc) is 3.03. The van der Waals surface area contributed by atoms with E-state index >= 15 is 0 Å². The summed E-state index contributed by atoms with van der Waals surface area (Å²) in [4.78, 5) is 10.2. The monoisotopic (exact) mass is 381 g/mol. The van der Waals surface area contributed by atoms with Gasteiger partial charge < -0.3 is 10.6 Å². The van der Waals surface area contributed by atoms with Crippen molar-refractivity contribution in [2.24, 2.45) is 4.99 Å². The summed E-state index contributed by atoms with van der Waals surface area (Å²) in [5.41, 5.74) is 0.818. The van der Waals surface area contributed by atoms with Gasteiger partial charge in [0, 0.05) is 17.6 Å². The predicted octanol–water partition coefficient (Wildman–Crippen LogP) is 1.61. The van der Waals surface area contributed by atoms with Crippen molar-refractivity contribution in [3.63, 3.8) is 0 Å². The standard InChI is InChI=1S/C16H23N5O2S2/c1-4-18-16(21-11-15-19-9-12(2)24-15)20-10-13-6-5-7-14(8-13)25(22,23)17-3/h5-9,17H,4,10-11H2,1-3H3,(H2,18,20,21). The Balaban J connectivity index is 2.06. The second kappa shape index (κ2) is 8.93. The van der Waals surface area contributed by atoms with Crippen LogP contribution in [0.5, 0.6) is 0 Å². The van der Waals surface area contributed by atoms with Gasteiger partial charge in [0.2, 0.25) is 10.0 Å². The van der Waals surface area contributed by atoms with E-state index < -0.39 is 10.0 Å². The Morgan fingerprint density at radius 3 is 2.76 bits per heavy atom. The number of sulfonamides is 1. The zero-order valence-corrected chi connectivity index (χ0v) is 16.2. The molecular weight excluding hydrogens is 358 g/mol. The predicted molar refractivity (Wildman–Crippen MR) is 101 cm³/mol. The molecule has 1 aromatic heterocycles. The van der Waals surface area contributed by atoms with E-state index in [-0.39, 0.29) is 4.90 Å². The number of aromatic nitrogens is 1. The van der Waals surface area contributed by atoms with E-state index in [0.717, 1.165) is 17.1 Å². The van der Waals surface area contributed by atoms with Crippen molar-refractivity contribution in [1.82, 2.24) is 20.3 Å². The summed E-state index contributed by atoms with van der Waals surface area (Å²) in [6.45, 7) is 5.71. The maximum atomic E-state index is 11.9. The fourth-order valence-electron chi connectivity index (χ4n) is 2.08. The molecule has 0 saturated carbocycles. The van der Waals surface area contributed by atoms with Gasteiger partial charge in [0.05, 0.1) is 18.0 Å². The molecule has 0 aliphatic heterocycles. The normalized spacial score (nSPS) is 12.2. The van der Waals surface area contributed by atoms with Crippen molar-refractivity contribution >= 4 is 27.3 Å². The summed E-state index contributed by atoms with van der Waals surface area (Å²) >= 11 is 1.64. The summed E-state index contributed by atoms with van der Waals surface area (Å²) in [5.74, 6) is 0.664. The molecule has 25 heavy (non-hydrogen) atoms. The van der Waals surface area contributed by atoms with Crippen molar-refractivity contribution in [3.05, 3.63) is 45.9 Å². The summed E-state index contributed by atoms with van der Waals surface area (Å²) in [7, 11) is -2.05. The van der Waals surface area contributed by atoms with Crippen LogP contribution in [0.1, 0.15) is 22.4 Å². The van der Waals surface area contributed by atoms with E-state index in [1.54, 1.807) is 29.5 Å². The lowest BCUT2D eigenvalue weighted by atomic mass is 10.2. The zero-order chi connectivity index (χ0) is 18.3. The van der Waals surface area contributed by atoms with Crippen LogP contribution in [0.4, 0.5) is 0 Å². The van der Waals surface area contributed by atoms with Crippen LogP contribution in [-0.4, -0.2) is 33.0 Å². The first kappa shape index (κ1) is 19.4. The maximum absolute atomic E-state index is 11.9. The third kappa shape index (κ3) is 5.80. The molecule has 1 heterocycles. The fourth-order valence-corrected chi connectivity index (χ4v) is 3.61. The van der Waals surface area contributed by atoms with Crippen LogP contribution in [0.2, 0.25) is 0 Å². The van der Waals surface area contributed by atoms with Crippen LogP contribution in [0.15, 0.2) is 40.4 Å². The lowest BCUT2D eigenvalue weighted by Crippen LogP contribution is -2.36. The van der Waals surface area contributed by atoms with Gasteiger partial charge >= 0.3 is 0 Å². The number of aryl methyl sites for hydroxylation is 1. The highest BCUT2D eigenvalue weighted by molar-refractivity contribution is 7.89. The quantitative estimate of drug-likeness (QED) is 0.500. The van der Waals surface area contributed by atoms with E-state index in [0.29, 0.717) is 19.0 Å². The molecule has 3 N–H and O–H groups in total. The highest BCUT2D eigenvalue weighted by atomic mass is 32.2. The van der Waals surface area contributed by atoms with E-state index in [9.17, 15) is 8.42 Å². The van der Waals surface area contributed by atoms with Crippen molar-refractivity contribution in [2.75, 3.05) is 13.6 Å². The molecule has 0 aliphatic carbocycles. The van der Waals surface area contributed by atoms with Gasteiger partial charge in [-0.15, -0.1) is 11.3 Å². The summed E-state index contributed by atoms with van der Waals surface area (Å²) < 4.78 is 26.1. The van der Waals surface area contributed by atoms with Gasteiger partial charge in [-0.1, -0.05) is 12.1 Å². The summed E-state index contributed by atoms with van der Waals surface area (Å²) in [6.07, 6.45) is 1.85. The molecule has 2 aromatic rings. The molecule has 0 spiro atoms. The molecule has 0 bridgehead atoms. The molecule has 0 aliphatic rings. The topological polar surface area (TPSA) is 95.5 Å². The highest BCUT2D eigenvalue weighted by Gasteiger charge is 2.11. The zero-order valence-electron chi connectivity index (χ0n) is 14.5. The molecule has 136 valence electrons. The van der Waals surface area contributed by atoms with E-state index in [4.69, 9.17) is 0 Å². The van der Waals surface area contributed by atoms with Gasteiger partial charge in [0.15, 0.2) is 5.96 Å². The maximum Gasteiger partial charge on any atom is 0.240 e. The van der Waals surface area contributed by atoms with Crippen molar-refractivity contribution in [1.29, 1.82) is 0 Å². The Kier molecular flexibility index (Phi) is 6.91. The number of nitrogens with one attached hydrogen (secondary N) is 3. The number of guanidine groups is 1. The van der Waals surface area contributed by atoms with E-state index in [2.05, 4.69) is 25.3 Å². The van der Waals surface area contributed by atoms with E-state index in [1.807, 2.05) is 26.1 Å². The van der Waals surface area contributed by atoms with Gasteiger partial charge in [0.1, 0.15) is 5.01 Å². The Hall–Kier alpha value is -1.97. The second-order valence-corrected chi connectivity index (χ2v) is 8.47. The van der Waals surface area contributed by atoms with E-state index in [1.165, 1.54) is 11.9 Å². The molecule has 1 aromatic carbocycles.